The summed E-state index contributed by atoms with van der Waals surface area (Å²) in [4.78, 5) is 11.5. The summed E-state index contributed by atoms with van der Waals surface area (Å²) in [5.41, 5.74) is 1.83. The van der Waals surface area contributed by atoms with Crippen LogP contribution in [0.25, 0.3) is 6.08 Å². The van der Waals surface area contributed by atoms with E-state index in [1.807, 2.05) is 48.5 Å². The van der Waals surface area contributed by atoms with Crippen LogP contribution >= 0.6 is 0 Å². The second-order valence-corrected chi connectivity index (χ2v) is 4.76. The van der Waals surface area contributed by atoms with E-state index in [0.29, 0.717) is 24.7 Å². The van der Waals surface area contributed by atoms with Crippen LogP contribution in [0.3, 0.4) is 0 Å². The Morgan fingerprint density at radius 1 is 1.13 bits per heavy atom. The summed E-state index contributed by atoms with van der Waals surface area (Å²) in [6.07, 6.45) is 3.05. The Morgan fingerprint density at radius 3 is 2.61 bits per heavy atom. The van der Waals surface area contributed by atoms with Crippen molar-refractivity contribution in [2.45, 2.75) is 13.5 Å². The van der Waals surface area contributed by atoms with Crippen LogP contribution < -0.4 is 9.47 Å². The molecule has 0 aliphatic heterocycles. The Balaban J connectivity index is 2.15. The molecule has 0 bridgehead atoms. The Labute approximate surface area is 136 Å². The van der Waals surface area contributed by atoms with Crippen molar-refractivity contribution in [2.24, 2.45) is 0 Å². The van der Waals surface area contributed by atoms with Gasteiger partial charge in [-0.05, 0) is 36.8 Å². The summed E-state index contributed by atoms with van der Waals surface area (Å²) >= 11 is 0. The van der Waals surface area contributed by atoms with Crippen molar-refractivity contribution in [2.75, 3.05) is 13.7 Å². The molecule has 0 aliphatic carbocycles. The van der Waals surface area contributed by atoms with Crippen LogP contribution in [-0.2, 0) is 16.1 Å². The van der Waals surface area contributed by atoms with E-state index in [-0.39, 0.29) is 5.97 Å². The van der Waals surface area contributed by atoms with Crippen LogP contribution in [0.15, 0.2) is 54.6 Å². The second kappa shape index (κ2) is 8.63. The number of methoxy groups -OCH3 is 1. The van der Waals surface area contributed by atoms with Crippen molar-refractivity contribution >= 4 is 12.0 Å². The molecule has 0 unspecified atom stereocenters. The van der Waals surface area contributed by atoms with Gasteiger partial charge in [-0.15, -0.1) is 0 Å². The molecule has 2 aromatic carbocycles. The molecule has 0 fully saturated rings. The number of ether oxygens (including phenoxy) is 3. The maximum absolute atomic E-state index is 11.5. The van der Waals surface area contributed by atoms with Crippen LogP contribution in [0.2, 0.25) is 0 Å². The first-order chi connectivity index (χ1) is 11.2. The molecule has 0 saturated carbocycles. The average molecular weight is 312 g/mol. The molecule has 23 heavy (non-hydrogen) atoms. The molecule has 0 aliphatic rings. The Bertz CT molecular complexity index is 662. The molecule has 0 radical (unpaired) electrons. The number of hydrogen-bond acceptors (Lipinski definition) is 4. The Kier molecular flexibility index (Phi) is 6.24. The van der Waals surface area contributed by atoms with E-state index in [4.69, 9.17) is 14.2 Å². The highest BCUT2D eigenvalue weighted by molar-refractivity contribution is 5.87. The fourth-order valence-electron chi connectivity index (χ4n) is 2.00. The molecule has 0 amide bonds. The van der Waals surface area contributed by atoms with E-state index in [2.05, 4.69) is 0 Å². The molecule has 0 atom stereocenters. The van der Waals surface area contributed by atoms with Gasteiger partial charge >= 0.3 is 5.97 Å². The minimum Gasteiger partial charge on any atom is -0.497 e. The van der Waals surface area contributed by atoms with Crippen molar-refractivity contribution in [1.82, 2.24) is 0 Å². The van der Waals surface area contributed by atoms with Crippen LogP contribution in [0.1, 0.15) is 18.1 Å². The predicted octanol–water partition coefficient (Wildman–Crippen LogP) is 3.85. The van der Waals surface area contributed by atoms with Gasteiger partial charge in [0.1, 0.15) is 18.1 Å². The van der Waals surface area contributed by atoms with Gasteiger partial charge in [-0.3, -0.25) is 0 Å². The van der Waals surface area contributed by atoms with Gasteiger partial charge in [0, 0.05) is 11.6 Å². The van der Waals surface area contributed by atoms with Gasteiger partial charge in [0.15, 0.2) is 0 Å². The zero-order valence-electron chi connectivity index (χ0n) is 13.3. The number of rotatable bonds is 7. The molecule has 0 aromatic heterocycles. The standard InChI is InChI=1S/C19H20O4/c1-3-22-19(20)12-9-16-13-17(21-2)10-11-18(16)23-14-15-7-5-4-6-8-15/h4-13H,3,14H2,1-2H3. The fourth-order valence-corrected chi connectivity index (χ4v) is 2.00. The van der Waals surface area contributed by atoms with Crippen molar-refractivity contribution in [3.05, 3.63) is 65.7 Å². The smallest absolute Gasteiger partial charge is 0.330 e. The topological polar surface area (TPSA) is 44.8 Å². The summed E-state index contributed by atoms with van der Waals surface area (Å²) < 4.78 is 16.0. The van der Waals surface area contributed by atoms with E-state index in [1.54, 1.807) is 20.1 Å². The van der Waals surface area contributed by atoms with Crippen LogP contribution in [0.5, 0.6) is 11.5 Å². The molecule has 2 rings (SSSR count). The molecule has 0 saturated heterocycles. The highest BCUT2D eigenvalue weighted by Gasteiger charge is 2.05. The first-order valence-corrected chi connectivity index (χ1v) is 7.42. The third-order valence-corrected chi connectivity index (χ3v) is 3.14. The fraction of sp³-hybridized carbons (Fsp3) is 0.211. The average Bonchev–Trinajstić information content (AvgIpc) is 2.59. The first-order valence-electron chi connectivity index (χ1n) is 7.42. The van der Waals surface area contributed by atoms with Crippen molar-refractivity contribution in [3.8, 4) is 11.5 Å². The minimum atomic E-state index is -0.385. The zero-order valence-corrected chi connectivity index (χ0v) is 13.3. The third kappa shape index (κ3) is 5.18. The van der Waals surface area contributed by atoms with Gasteiger partial charge in [0.05, 0.1) is 13.7 Å². The zero-order chi connectivity index (χ0) is 16.5. The highest BCUT2D eigenvalue weighted by Crippen LogP contribution is 2.26. The summed E-state index contributed by atoms with van der Waals surface area (Å²) in [6.45, 7) is 2.57. The number of benzene rings is 2. The van der Waals surface area contributed by atoms with Gasteiger partial charge in [-0.25, -0.2) is 4.79 Å². The second-order valence-electron chi connectivity index (χ2n) is 4.76. The molecule has 2 aromatic rings. The number of carbonyl (C=O) groups excluding carboxylic acids is 1. The maximum atomic E-state index is 11.5. The van der Waals surface area contributed by atoms with Crippen molar-refractivity contribution in [3.63, 3.8) is 0 Å². The van der Waals surface area contributed by atoms with Crippen molar-refractivity contribution in [1.29, 1.82) is 0 Å². The van der Waals surface area contributed by atoms with E-state index < -0.39 is 0 Å². The summed E-state index contributed by atoms with van der Waals surface area (Å²) in [5, 5.41) is 0. The van der Waals surface area contributed by atoms with Crippen molar-refractivity contribution < 1.29 is 19.0 Å². The van der Waals surface area contributed by atoms with Gasteiger partial charge in [-0.1, -0.05) is 30.3 Å². The van der Waals surface area contributed by atoms with Crippen LogP contribution in [-0.4, -0.2) is 19.7 Å². The summed E-state index contributed by atoms with van der Waals surface area (Å²) in [7, 11) is 1.60. The molecule has 0 heterocycles. The third-order valence-electron chi connectivity index (χ3n) is 3.14. The number of esters is 1. The van der Waals surface area contributed by atoms with E-state index in [0.717, 1.165) is 11.1 Å². The molecular formula is C19H20O4. The lowest BCUT2D eigenvalue weighted by Crippen LogP contribution is -2.00. The van der Waals surface area contributed by atoms with E-state index >= 15 is 0 Å². The SMILES string of the molecule is CCOC(=O)C=Cc1cc(OC)ccc1OCc1ccccc1. The molecular weight excluding hydrogens is 292 g/mol. The number of hydrogen-bond donors (Lipinski definition) is 0. The largest absolute Gasteiger partial charge is 0.497 e. The predicted molar refractivity (Wildman–Crippen MR) is 89.4 cm³/mol. The lowest BCUT2D eigenvalue weighted by molar-refractivity contribution is -0.137. The summed E-state index contributed by atoms with van der Waals surface area (Å²) in [6, 6.07) is 15.4. The monoisotopic (exact) mass is 312 g/mol. The molecule has 0 N–H and O–H groups in total. The molecule has 4 heteroatoms. The lowest BCUT2D eigenvalue weighted by Gasteiger charge is -2.11. The van der Waals surface area contributed by atoms with Gasteiger partial charge < -0.3 is 14.2 Å². The normalized spacial score (nSPS) is 10.5. The maximum Gasteiger partial charge on any atom is 0.330 e. The first kappa shape index (κ1) is 16.6. The lowest BCUT2D eigenvalue weighted by atomic mass is 10.1. The molecule has 0 spiro atoms. The number of carbonyl (C=O) groups is 1. The van der Waals surface area contributed by atoms with Crippen LogP contribution in [0.4, 0.5) is 0 Å². The molecule has 4 nitrogen and oxygen atoms in total. The quantitative estimate of drug-likeness (QED) is 0.575. The minimum absolute atomic E-state index is 0.346. The highest BCUT2D eigenvalue weighted by atomic mass is 16.5. The Morgan fingerprint density at radius 2 is 1.91 bits per heavy atom. The van der Waals surface area contributed by atoms with Gasteiger partial charge in [0.25, 0.3) is 0 Å². The van der Waals surface area contributed by atoms with E-state index in [9.17, 15) is 4.79 Å². The van der Waals surface area contributed by atoms with Gasteiger partial charge in [0.2, 0.25) is 0 Å². The Hall–Kier alpha value is -2.75. The van der Waals surface area contributed by atoms with Gasteiger partial charge in [-0.2, -0.15) is 0 Å². The molecule has 120 valence electrons. The summed E-state index contributed by atoms with van der Waals surface area (Å²) in [5.74, 6) is 0.986. The van der Waals surface area contributed by atoms with Crippen LogP contribution in [0, 0.1) is 0 Å². The van der Waals surface area contributed by atoms with E-state index in [1.165, 1.54) is 6.08 Å².